The van der Waals surface area contributed by atoms with Crippen molar-refractivity contribution in [3.8, 4) is 5.75 Å². The van der Waals surface area contributed by atoms with Crippen LogP contribution in [0.25, 0.3) is 0 Å². The molecular weight excluding hydrogens is 442 g/mol. The van der Waals surface area contributed by atoms with Gasteiger partial charge in [-0.15, -0.1) is 0 Å². The summed E-state index contributed by atoms with van der Waals surface area (Å²) in [5, 5.41) is 3.50. The molecule has 0 aromatic heterocycles. The molecule has 2 rings (SSSR count). The van der Waals surface area contributed by atoms with E-state index >= 15 is 0 Å². The largest absolute Gasteiger partial charge is 0.490 e. The van der Waals surface area contributed by atoms with Gasteiger partial charge in [0.2, 0.25) is 0 Å². The summed E-state index contributed by atoms with van der Waals surface area (Å²) < 4.78 is 14.0. The predicted molar refractivity (Wildman–Crippen MR) is 86.9 cm³/mol. The summed E-state index contributed by atoms with van der Waals surface area (Å²) in [6, 6.07) is 4.52. The van der Waals surface area contributed by atoms with Gasteiger partial charge in [0.25, 0.3) is 0 Å². The lowest BCUT2D eigenvalue weighted by molar-refractivity contribution is 0.0770. The quantitative estimate of drug-likeness (QED) is 0.675. The molecule has 0 saturated carbocycles. The summed E-state index contributed by atoms with van der Waals surface area (Å²) in [5.74, 6) is 0.844. The molecule has 1 fully saturated rings. The molecule has 1 saturated heterocycles. The van der Waals surface area contributed by atoms with Gasteiger partial charge in [0.1, 0.15) is 12.4 Å². The topological polar surface area (TPSA) is 30.5 Å². The Morgan fingerprint density at radius 1 is 1.16 bits per heavy atom. The lowest BCUT2D eigenvalue weighted by Crippen LogP contribution is -2.37. The van der Waals surface area contributed by atoms with Crippen LogP contribution in [-0.4, -0.2) is 32.4 Å². The molecule has 0 spiro atoms. The molecule has 19 heavy (non-hydrogen) atoms. The van der Waals surface area contributed by atoms with Crippen molar-refractivity contribution in [1.29, 1.82) is 0 Å². The van der Waals surface area contributed by atoms with E-state index in [0.29, 0.717) is 12.6 Å². The van der Waals surface area contributed by atoms with Crippen LogP contribution >= 0.6 is 47.8 Å². The van der Waals surface area contributed by atoms with Gasteiger partial charge in [0, 0.05) is 30.3 Å². The van der Waals surface area contributed by atoms with Crippen molar-refractivity contribution in [3.63, 3.8) is 0 Å². The minimum absolute atomic E-state index is 0.564. The zero-order valence-corrected chi connectivity index (χ0v) is 15.2. The van der Waals surface area contributed by atoms with Crippen molar-refractivity contribution in [2.45, 2.75) is 18.9 Å². The van der Waals surface area contributed by atoms with Crippen LogP contribution < -0.4 is 10.1 Å². The van der Waals surface area contributed by atoms with Crippen molar-refractivity contribution in [1.82, 2.24) is 5.32 Å². The highest BCUT2D eigenvalue weighted by Crippen LogP contribution is 2.36. The normalized spacial score (nSPS) is 16.6. The third-order valence-corrected chi connectivity index (χ3v) is 4.60. The van der Waals surface area contributed by atoms with Gasteiger partial charge in [-0.25, -0.2) is 0 Å². The summed E-state index contributed by atoms with van der Waals surface area (Å²) in [7, 11) is 0. The molecule has 1 aliphatic rings. The second-order valence-corrected chi connectivity index (χ2v) is 7.01. The van der Waals surface area contributed by atoms with Gasteiger partial charge in [0.05, 0.1) is 8.95 Å². The van der Waals surface area contributed by atoms with Crippen molar-refractivity contribution in [2.75, 3.05) is 26.4 Å². The second kappa shape index (κ2) is 7.98. The maximum atomic E-state index is 5.81. The summed E-state index contributed by atoms with van der Waals surface area (Å²) in [4.78, 5) is 0. The lowest BCUT2D eigenvalue weighted by Gasteiger charge is -2.23. The molecule has 0 aliphatic carbocycles. The summed E-state index contributed by atoms with van der Waals surface area (Å²) in [6.07, 6.45) is 2.18. The number of halogens is 3. The summed E-state index contributed by atoms with van der Waals surface area (Å²) >= 11 is 10.5. The number of benzene rings is 1. The number of hydrogen-bond acceptors (Lipinski definition) is 3. The van der Waals surface area contributed by atoms with Crippen LogP contribution in [0.1, 0.15) is 12.8 Å². The average molecular weight is 458 g/mol. The molecule has 1 aliphatic heterocycles. The molecule has 0 atom stereocenters. The smallest absolute Gasteiger partial charge is 0.147 e. The predicted octanol–water partition coefficient (Wildman–Crippen LogP) is 4.12. The fraction of sp³-hybridized carbons (Fsp3) is 0.538. The zero-order valence-electron chi connectivity index (χ0n) is 10.4. The van der Waals surface area contributed by atoms with E-state index in [9.17, 15) is 0 Å². The van der Waals surface area contributed by atoms with Gasteiger partial charge in [-0.3, -0.25) is 0 Å². The molecule has 1 aromatic carbocycles. The van der Waals surface area contributed by atoms with Gasteiger partial charge >= 0.3 is 0 Å². The van der Waals surface area contributed by atoms with Crippen molar-refractivity contribution < 1.29 is 9.47 Å². The average Bonchev–Trinajstić information content (AvgIpc) is 2.38. The van der Waals surface area contributed by atoms with Crippen molar-refractivity contribution >= 4 is 47.8 Å². The van der Waals surface area contributed by atoms with Crippen LogP contribution in [0.2, 0.25) is 0 Å². The summed E-state index contributed by atoms with van der Waals surface area (Å²) in [6.45, 7) is 3.22. The highest BCUT2D eigenvalue weighted by atomic mass is 79.9. The third-order valence-electron chi connectivity index (χ3n) is 2.97. The first kappa shape index (κ1) is 15.8. The Bertz CT molecular complexity index is 399. The molecule has 0 radical (unpaired) electrons. The van der Waals surface area contributed by atoms with E-state index < -0.39 is 0 Å². The fourth-order valence-corrected chi connectivity index (χ4v) is 4.47. The molecular formula is C13H16Br3NO2. The van der Waals surface area contributed by atoms with E-state index in [0.717, 1.165) is 51.8 Å². The van der Waals surface area contributed by atoms with Gasteiger partial charge in [-0.1, -0.05) is 15.9 Å². The zero-order chi connectivity index (χ0) is 13.7. The van der Waals surface area contributed by atoms with Crippen LogP contribution in [0, 0.1) is 0 Å². The van der Waals surface area contributed by atoms with E-state index in [1.165, 1.54) is 0 Å². The highest BCUT2D eigenvalue weighted by molar-refractivity contribution is 9.11. The van der Waals surface area contributed by atoms with E-state index in [1.807, 2.05) is 12.1 Å². The molecule has 0 bridgehead atoms. The number of hydrogen-bond donors (Lipinski definition) is 1. The second-order valence-electron chi connectivity index (χ2n) is 4.39. The standard InChI is InChI=1S/C13H16Br3NO2/c14-9-7-11(15)13(12(16)8-9)19-6-3-17-10-1-4-18-5-2-10/h7-8,10,17H,1-6H2. The first-order valence-electron chi connectivity index (χ1n) is 6.25. The maximum Gasteiger partial charge on any atom is 0.147 e. The summed E-state index contributed by atoms with van der Waals surface area (Å²) in [5.41, 5.74) is 0. The van der Waals surface area contributed by atoms with Crippen LogP contribution in [0.15, 0.2) is 25.6 Å². The van der Waals surface area contributed by atoms with Crippen LogP contribution in [0.5, 0.6) is 5.75 Å². The highest BCUT2D eigenvalue weighted by Gasteiger charge is 2.13. The molecule has 1 N–H and O–H groups in total. The number of nitrogens with one attached hydrogen (secondary N) is 1. The molecule has 1 heterocycles. The molecule has 0 amide bonds. The van der Waals surface area contributed by atoms with E-state index in [-0.39, 0.29) is 0 Å². The number of rotatable bonds is 5. The van der Waals surface area contributed by atoms with Crippen LogP contribution in [0.3, 0.4) is 0 Å². The molecule has 106 valence electrons. The van der Waals surface area contributed by atoms with Gasteiger partial charge in [-0.05, 0) is 56.8 Å². The Balaban J connectivity index is 1.76. The molecule has 1 aromatic rings. The minimum atomic E-state index is 0.564. The third kappa shape index (κ3) is 5.01. The van der Waals surface area contributed by atoms with Gasteiger partial charge < -0.3 is 14.8 Å². The van der Waals surface area contributed by atoms with Crippen LogP contribution in [-0.2, 0) is 4.74 Å². The lowest BCUT2D eigenvalue weighted by atomic mass is 10.1. The van der Waals surface area contributed by atoms with E-state index in [1.54, 1.807) is 0 Å². The van der Waals surface area contributed by atoms with E-state index in [4.69, 9.17) is 9.47 Å². The van der Waals surface area contributed by atoms with Gasteiger partial charge in [0.15, 0.2) is 0 Å². The Morgan fingerprint density at radius 2 is 1.79 bits per heavy atom. The maximum absolute atomic E-state index is 5.81. The van der Waals surface area contributed by atoms with Crippen LogP contribution in [0.4, 0.5) is 0 Å². The van der Waals surface area contributed by atoms with Crippen molar-refractivity contribution in [3.05, 3.63) is 25.6 Å². The fourth-order valence-electron chi connectivity index (χ4n) is 1.98. The monoisotopic (exact) mass is 455 g/mol. The Kier molecular flexibility index (Phi) is 6.62. The molecule has 3 nitrogen and oxygen atoms in total. The Labute approximate surface area is 138 Å². The SMILES string of the molecule is Brc1cc(Br)c(OCCNC2CCOCC2)c(Br)c1. The van der Waals surface area contributed by atoms with E-state index in [2.05, 4.69) is 53.1 Å². The molecule has 0 unspecified atom stereocenters. The first-order valence-corrected chi connectivity index (χ1v) is 8.63. The molecule has 6 heteroatoms. The Morgan fingerprint density at radius 3 is 2.42 bits per heavy atom. The van der Waals surface area contributed by atoms with Gasteiger partial charge in [-0.2, -0.15) is 0 Å². The number of ether oxygens (including phenoxy) is 2. The van der Waals surface area contributed by atoms with Crippen molar-refractivity contribution in [2.24, 2.45) is 0 Å². The first-order chi connectivity index (χ1) is 9.16. The minimum Gasteiger partial charge on any atom is -0.490 e. The Hall–Kier alpha value is 0.380.